The smallest absolute Gasteiger partial charge is 0.317 e. The van der Waals surface area contributed by atoms with Crippen molar-refractivity contribution >= 4 is 35.3 Å². The molecule has 4 amide bonds. The first-order chi connectivity index (χ1) is 17.3. The van der Waals surface area contributed by atoms with Crippen LogP contribution in [-0.2, 0) is 19.1 Å². The molecule has 0 aromatic heterocycles. The summed E-state index contributed by atoms with van der Waals surface area (Å²) >= 11 is 0. The Kier molecular flexibility index (Phi) is 6.76. The molecule has 1 aromatic carbocycles. The minimum atomic E-state index is -0.982. The van der Waals surface area contributed by atoms with Crippen molar-refractivity contribution in [3.63, 3.8) is 0 Å². The predicted molar refractivity (Wildman–Crippen MR) is 127 cm³/mol. The highest BCUT2D eigenvalue weighted by molar-refractivity contribution is 6.25. The topological polar surface area (TPSA) is 137 Å². The number of anilines is 1. The Balaban J connectivity index is 1.21. The maximum atomic E-state index is 13.4. The number of carboxylic acids is 1. The lowest BCUT2D eigenvalue weighted by atomic mass is 10.0. The number of benzene rings is 1. The number of nitrogens with one attached hydrogen (secondary N) is 1. The van der Waals surface area contributed by atoms with Gasteiger partial charge in [-0.05, 0) is 44.2 Å². The van der Waals surface area contributed by atoms with E-state index in [1.165, 1.54) is 0 Å². The van der Waals surface area contributed by atoms with E-state index in [4.69, 9.17) is 9.84 Å². The summed E-state index contributed by atoms with van der Waals surface area (Å²) in [5.41, 5.74) is 1.28. The SMILES string of the molecule is O=C(O)CN1CCC(OC2CCN(c3cccc4c3C(=O)N(C3CCC(=O)NC3=O)C4=O)CC2)CC1. The van der Waals surface area contributed by atoms with Crippen molar-refractivity contribution < 1.29 is 33.8 Å². The summed E-state index contributed by atoms with van der Waals surface area (Å²) < 4.78 is 6.32. The summed E-state index contributed by atoms with van der Waals surface area (Å²) in [6.45, 7) is 2.82. The number of nitrogens with zero attached hydrogens (tertiary/aromatic N) is 3. The molecule has 0 saturated carbocycles. The van der Waals surface area contributed by atoms with Crippen LogP contribution < -0.4 is 10.2 Å². The average Bonchev–Trinajstić information content (AvgIpc) is 3.11. The van der Waals surface area contributed by atoms with Gasteiger partial charge >= 0.3 is 5.97 Å². The molecule has 11 nitrogen and oxygen atoms in total. The number of imide groups is 2. The maximum absolute atomic E-state index is 13.4. The van der Waals surface area contributed by atoms with E-state index in [-0.39, 0.29) is 37.2 Å². The minimum absolute atomic E-state index is 0.0642. The molecule has 1 aromatic rings. The quantitative estimate of drug-likeness (QED) is 0.541. The van der Waals surface area contributed by atoms with Crippen LogP contribution in [0.1, 0.15) is 59.2 Å². The van der Waals surface area contributed by atoms with Gasteiger partial charge in [0.1, 0.15) is 6.04 Å². The fourth-order valence-corrected chi connectivity index (χ4v) is 5.66. The Morgan fingerprint density at radius 1 is 0.944 bits per heavy atom. The Morgan fingerprint density at radius 3 is 2.25 bits per heavy atom. The molecular weight excluding hydrogens is 468 g/mol. The van der Waals surface area contributed by atoms with E-state index in [0.717, 1.165) is 30.6 Å². The number of carbonyl (C=O) groups excluding carboxylic acids is 4. The highest BCUT2D eigenvalue weighted by Crippen LogP contribution is 2.35. The van der Waals surface area contributed by atoms with Gasteiger partial charge in [0.05, 0.1) is 35.6 Å². The molecule has 0 bridgehead atoms. The molecule has 0 aliphatic carbocycles. The Bertz CT molecular complexity index is 1090. The molecule has 0 radical (unpaired) electrons. The number of carbonyl (C=O) groups is 5. The van der Waals surface area contributed by atoms with Crippen molar-refractivity contribution in [2.45, 2.75) is 56.8 Å². The third-order valence-corrected chi connectivity index (χ3v) is 7.51. The molecule has 2 N–H and O–H groups in total. The molecule has 3 fully saturated rings. The number of rotatable bonds is 6. The zero-order valence-corrected chi connectivity index (χ0v) is 20.0. The lowest BCUT2D eigenvalue weighted by Gasteiger charge is -2.38. The number of fused-ring (bicyclic) bond motifs is 1. The highest BCUT2D eigenvalue weighted by Gasteiger charge is 2.46. The van der Waals surface area contributed by atoms with E-state index in [1.807, 2.05) is 11.0 Å². The molecule has 3 saturated heterocycles. The van der Waals surface area contributed by atoms with Gasteiger partial charge in [0.2, 0.25) is 11.8 Å². The molecule has 4 aliphatic rings. The number of carboxylic acid groups (broad SMARTS) is 1. The summed E-state index contributed by atoms with van der Waals surface area (Å²) in [5, 5.41) is 11.2. The van der Waals surface area contributed by atoms with Gasteiger partial charge in [-0.3, -0.25) is 39.1 Å². The second-order valence-electron chi connectivity index (χ2n) is 9.84. The molecule has 4 heterocycles. The number of hydrogen-bond acceptors (Lipinski definition) is 8. The van der Waals surface area contributed by atoms with Crippen LogP contribution in [0.5, 0.6) is 0 Å². The summed E-state index contributed by atoms with van der Waals surface area (Å²) in [6, 6.07) is 4.21. The van der Waals surface area contributed by atoms with Crippen LogP contribution in [0.15, 0.2) is 18.2 Å². The Morgan fingerprint density at radius 2 is 1.61 bits per heavy atom. The van der Waals surface area contributed by atoms with Crippen molar-refractivity contribution in [3.8, 4) is 0 Å². The van der Waals surface area contributed by atoms with Crippen LogP contribution in [0.2, 0.25) is 0 Å². The Hall–Kier alpha value is -3.31. The van der Waals surface area contributed by atoms with E-state index in [1.54, 1.807) is 12.1 Å². The monoisotopic (exact) mass is 498 g/mol. The van der Waals surface area contributed by atoms with Crippen LogP contribution in [0.3, 0.4) is 0 Å². The first-order valence-electron chi connectivity index (χ1n) is 12.5. The lowest BCUT2D eigenvalue weighted by Crippen LogP contribution is -2.54. The zero-order chi connectivity index (χ0) is 25.4. The summed E-state index contributed by atoms with van der Waals surface area (Å²) in [4.78, 5) is 66.2. The highest BCUT2D eigenvalue weighted by atomic mass is 16.5. The van der Waals surface area contributed by atoms with Crippen LogP contribution >= 0.6 is 0 Å². The number of aliphatic carboxylic acids is 1. The van der Waals surface area contributed by atoms with Crippen molar-refractivity contribution in [2.24, 2.45) is 0 Å². The number of piperidine rings is 3. The number of ether oxygens (including phenoxy) is 1. The summed E-state index contributed by atoms with van der Waals surface area (Å²) in [6.07, 6.45) is 3.60. The fourth-order valence-electron chi connectivity index (χ4n) is 5.66. The fraction of sp³-hybridized carbons (Fsp3) is 0.560. The summed E-state index contributed by atoms with van der Waals surface area (Å²) in [5.74, 6) is -2.82. The van der Waals surface area contributed by atoms with Crippen molar-refractivity contribution in [3.05, 3.63) is 29.3 Å². The molecule has 5 rings (SSSR count). The maximum Gasteiger partial charge on any atom is 0.317 e. The molecule has 36 heavy (non-hydrogen) atoms. The third-order valence-electron chi connectivity index (χ3n) is 7.51. The van der Waals surface area contributed by atoms with E-state index >= 15 is 0 Å². The van der Waals surface area contributed by atoms with E-state index in [2.05, 4.69) is 10.2 Å². The van der Waals surface area contributed by atoms with Crippen LogP contribution in [0.4, 0.5) is 5.69 Å². The van der Waals surface area contributed by atoms with Crippen molar-refractivity contribution in [2.75, 3.05) is 37.6 Å². The van der Waals surface area contributed by atoms with Gasteiger partial charge in [-0.25, -0.2) is 0 Å². The molecular formula is C25H30N4O7. The standard InChI is InChI=1S/C25H30N4O7/c30-20-5-4-19(23(33)26-20)29-24(34)17-2-1-3-18(22(17)25(29)35)28-12-8-16(9-13-28)36-15-6-10-27(11-7-15)14-21(31)32/h1-3,15-16,19H,4-14H2,(H,31,32)(H,26,30,33). The summed E-state index contributed by atoms with van der Waals surface area (Å²) in [7, 11) is 0. The first-order valence-corrected chi connectivity index (χ1v) is 12.5. The molecule has 192 valence electrons. The molecule has 4 aliphatic heterocycles. The number of hydrogen-bond donors (Lipinski definition) is 2. The predicted octanol–water partition coefficient (Wildman–Crippen LogP) is 0.622. The van der Waals surface area contributed by atoms with Gasteiger partial charge < -0.3 is 14.7 Å². The average molecular weight is 499 g/mol. The van der Waals surface area contributed by atoms with Gasteiger partial charge in [-0.15, -0.1) is 0 Å². The third kappa shape index (κ3) is 4.72. The van der Waals surface area contributed by atoms with Gasteiger partial charge in [-0.2, -0.15) is 0 Å². The van der Waals surface area contributed by atoms with Crippen LogP contribution in [0, 0.1) is 0 Å². The minimum Gasteiger partial charge on any atom is -0.480 e. The second kappa shape index (κ2) is 9.98. The van der Waals surface area contributed by atoms with Crippen LogP contribution in [0.25, 0.3) is 0 Å². The van der Waals surface area contributed by atoms with Gasteiger partial charge in [-0.1, -0.05) is 6.07 Å². The van der Waals surface area contributed by atoms with Gasteiger partial charge in [0, 0.05) is 32.6 Å². The molecule has 1 unspecified atom stereocenters. The second-order valence-corrected chi connectivity index (χ2v) is 9.84. The number of amides is 4. The van der Waals surface area contributed by atoms with Crippen LogP contribution in [-0.4, -0.2) is 95.5 Å². The Labute approximate surface area is 208 Å². The molecule has 11 heteroatoms. The van der Waals surface area contributed by atoms with E-state index < -0.39 is 35.6 Å². The zero-order valence-electron chi connectivity index (χ0n) is 20.0. The van der Waals surface area contributed by atoms with Gasteiger partial charge in [0.15, 0.2) is 0 Å². The van der Waals surface area contributed by atoms with Crippen molar-refractivity contribution in [1.82, 2.24) is 15.1 Å². The van der Waals surface area contributed by atoms with E-state index in [9.17, 15) is 24.0 Å². The lowest BCUT2D eigenvalue weighted by molar-refractivity contribution is -0.139. The molecule has 0 spiro atoms. The van der Waals surface area contributed by atoms with Crippen molar-refractivity contribution in [1.29, 1.82) is 0 Å². The first kappa shape index (κ1) is 24.4. The normalized spacial score (nSPS) is 24.3. The largest absolute Gasteiger partial charge is 0.480 e. The molecule has 1 atom stereocenters. The van der Waals surface area contributed by atoms with E-state index in [0.29, 0.717) is 37.4 Å². The van der Waals surface area contributed by atoms with Gasteiger partial charge in [0.25, 0.3) is 11.8 Å². The number of likely N-dealkylation sites (tertiary alicyclic amines) is 1.